The molecule has 4 aromatic rings. The standard InChI is InChI=1S/C30H27ClF4N2O4S/c1-18(41-17-20-7-5-4-6-8-20)13-23-16-24(29(38)36-22-10-12-28(26(31)15-22)42(3,39)40)19(2)37(23)27-11-9-21(32)14-25(27)30(33,34)35/h4-12,14-16,18H,13,17H2,1-3H3,(H,36,38)/t18-/m0/s1. The molecule has 4 rings (SSSR count). The average molecular weight is 623 g/mol. The highest BCUT2D eigenvalue weighted by Gasteiger charge is 2.36. The molecule has 3 aromatic carbocycles. The molecule has 0 radical (unpaired) electrons. The van der Waals surface area contributed by atoms with Gasteiger partial charge in [-0.25, -0.2) is 12.8 Å². The minimum absolute atomic E-state index is 0.0565. The summed E-state index contributed by atoms with van der Waals surface area (Å²) in [5, 5.41) is 2.52. The normalized spacial score (nSPS) is 12.8. The number of aromatic nitrogens is 1. The number of hydrogen-bond donors (Lipinski definition) is 1. The van der Waals surface area contributed by atoms with Gasteiger partial charge in [-0.2, -0.15) is 13.2 Å². The first kappa shape index (κ1) is 31.3. The molecule has 0 aliphatic carbocycles. The van der Waals surface area contributed by atoms with E-state index in [9.17, 15) is 30.8 Å². The molecule has 0 bridgehead atoms. The molecular weight excluding hydrogens is 596 g/mol. The van der Waals surface area contributed by atoms with Crippen molar-refractivity contribution in [2.75, 3.05) is 11.6 Å². The number of rotatable bonds is 9. The van der Waals surface area contributed by atoms with Gasteiger partial charge in [-0.3, -0.25) is 4.79 Å². The van der Waals surface area contributed by atoms with Gasteiger partial charge in [-0.1, -0.05) is 41.9 Å². The summed E-state index contributed by atoms with van der Waals surface area (Å²) < 4.78 is 86.9. The number of hydrogen-bond acceptors (Lipinski definition) is 4. The quantitative estimate of drug-likeness (QED) is 0.197. The van der Waals surface area contributed by atoms with E-state index >= 15 is 0 Å². The van der Waals surface area contributed by atoms with Gasteiger partial charge in [-0.15, -0.1) is 0 Å². The largest absolute Gasteiger partial charge is 0.418 e. The van der Waals surface area contributed by atoms with Crippen LogP contribution in [0.5, 0.6) is 0 Å². The van der Waals surface area contributed by atoms with Crippen LogP contribution < -0.4 is 5.32 Å². The number of anilines is 1. The van der Waals surface area contributed by atoms with Crippen LogP contribution in [0.1, 0.15) is 39.8 Å². The number of nitrogens with zero attached hydrogens (tertiary/aromatic N) is 1. The summed E-state index contributed by atoms with van der Waals surface area (Å²) in [4.78, 5) is 13.2. The van der Waals surface area contributed by atoms with Crippen molar-refractivity contribution in [3.8, 4) is 5.69 Å². The van der Waals surface area contributed by atoms with E-state index in [-0.39, 0.29) is 45.6 Å². The molecule has 1 atom stereocenters. The smallest absolute Gasteiger partial charge is 0.373 e. The number of sulfone groups is 1. The zero-order valence-corrected chi connectivity index (χ0v) is 24.4. The number of alkyl halides is 3. The maximum Gasteiger partial charge on any atom is 0.418 e. The fraction of sp³-hybridized carbons (Fsp3) is 0.233. The zero-order valence-electron chi connectivity index (χ0n) is 22.8. The molecule has 222 valence electrons. The number of carbonyl (C=O) groups is 1. The highest BCUT2D eigenvalue weighted by molar-refractivity contribution is 7.90. The highest BCUT2D eigenvalue weighted by Crippen LogP contribution is 2.37. The van der Waals surface area contributed by atoms with Gasteiger partial charge in [0, 0.05) is 29.8 Å². The lowest BCUT2D eigenvalue weighted by Crippen LogP contribution is -2.18. The van der Waals surface area contributed by atoms with Crippen molar-refractivity contribution in [2.24, 2.45) is 0 Å². The van der Waals surface area contributed by atoms with Crippen LogP contribution in [-0.2, 0) is 33.8 Å². The first-order valence-corrected chi connectivity index (χ1v) is 15.0. The zero-order chi connectivity index (χ0) is 30.8. The number of nitrogens with one attached hydrogen (secondary N) is 1. The predicted octanol–water partition coefficient (Wildman–Crippen LogP) is 7.40. The Kier molecular flexibility index (Phi) is 9.15. The van der Waals surface area contributed by atoms with Gasteiger partial charge in [0.25, 0.3) is 5.91 Å². The van der Waals surface area contributed by atoms with Gasteiger partial charge >= 0.3 is 6.18 Å². The number of amides is 1. The lowest BCUT2D eigenvalue weighted by Gasteiger charge is -2.20. The summed E-state index contributed by atoms with van der Waals surface area (Å²) >= 11 is 6.10. The van der Waals surface area contributed by atoms with Gasteiger partial charge in [0.1, 0.15) is 5.82 Å². The second-order valence-corrected chi connectivity index (χ2v) is 12.2. The van der Waals surface area contributed by atoms with Crippen molar-refractivity contribution in [1.82, 2.24) is 4.57 Å². The Morgan fingerprint density at radius 1 is 1.05 bits per heavy atom. The van der Waals surface area contributed by atoms with Gasteiger partial charge in [0.15, 0.2) is 9.84 Å². The number of halogens is 5. The van der Waals surface area contributed by atoms with Crippen LogP contribution in [0.4, 0.5) is 23.2 Å². The molecule has 0 saturated carbocycles. The molecule has 1 amide bonds. The lowest BCUT2D eigenvalue weighted by molar-refractivity contribution is -0.137. The van der Waals surface area contributed by atoms with E-state index in [1.54, 1.807) is 6.92 Å². The first-order chi connectivity index (χ1) is 19.6. The Morgan fingerprint density at radius 2 is 1.74 bits per heavy atom. The van der Waals surface area contributed by atoms with Crippen LogP contribution in [0.15, 0.2) is 77.7 Å². The first-order valence-electron chi connectivity index (χ1n) is 12.7. The number of ether oxygens (including phenoxy) is 1. The van der Waals surface area contributed by atoms with Crippen LogP contribution in [0.2, 0.25) is 5.02 Å². The molecule has 12 heteroatoms. The van der Waals surface area contributed by atoms with Gasteiger partial charge in [0.05, 0.1) is 39.4 Å². The Hall–Kier alpha value is -3.67. The molecule has 1 N–H and O–H groups in total. The lowest BCUT2D eigenvalue weighted by atomic mass is 10.1. The number of carbonyl (C=O) groups excluding carboxylic acids is 1. The topological polar surface area (TPSA) is 77.4 Å². The van der Waals surface area contributed by atoms with E-state index in [1.165, 1.54) is 35.8 Å². The van der Waals surface area contributed by atoms with Gasteiger partial charge in [0.2, 0.25) is 0 Å². The SMILES string of the molecule is Cc1c(C(=O)Nc2ccc(S(C)(=O)=O)c(Cl)c2)cc(C[C@H](C)OCc2ccccc2)n1-c1ccc(F)cc1C(F)(F)F. The average Bonchev–Trinajstić information content (AvgIpc) is 3.22. The Bertz CT molecular complexity index is 1720. The molecule has 0 aliphatic rings. The maximum atomic E-state index is 14.0. The Balaban J connectivity index is 1.73. The van der Waals surface area contributed by atoms with Crippen LogP contribution in [0.3, 0.4) is 0 Å². The fourth-order valence-electron chi connectivity index (χ4n) is 4.56. The molecule has 1 heterocycles. The second-order valence-electron chi connectivity index (χ2n) is 9.81. The summed E-state index contributed by atoms with van der Waals surface area (Å²) in [6.07, 6.45) is -4.22. The van der Waals surface area contributed by atoms with Crippen LogP contribution >= 0.6 is 11.6 Å². The van der Waals surface area contributed by atoms with E-state index in [1.807, 2.05) is 30.3 Å². The minimum atomic E-state index is -4.87. The van der Waals surface area contributed by atoms with E-state index in [0.717, 1.165) is 24.0 Å². The summed E-state index contributed by atoms with van der Waals surface area (Å²) in [5.41, 5.74) is 0.120. The minimum Gasteiger partial charge on any atom is -0.373 e. The van der Waals surface area contributed by atoms with Crippen molar-refractivity contribution in [2.45, 2.75) is 44.1 Å². The third kappa shape index (κ3) is 7.21. The molecule has 0 aliphatic heterocycles. The van der Waals surface area contributed by atoms with Gasteiger partial charge in [-0.05, 0) is 61.9 Å². The Labute approximate surface area is 245 Å². The van der Waals surface area contributed by atoms with Gasteiger partial charge < -0.3 is 14.6 Å². The molecule has 0 fully saturated rings. The summed E-state index contributed by atoms with van der Waals surface area (Å²) in [7, 11) is -3.60. The monoisotopic (exact) mass is 622 g/mol. The maximum absolute atomic E-state index is 14.0. The van der Waals surface area contributed by atoms with Crippen LogP contribution in [0, 0.1) is 12.7 Å². The second kappa shape index (κ2) is 12.3. The molecule has 42 heavy (non-hydrogen) atoms. The molecule has 0 spiro atoms. The highest BCUT2D eigenvalue weighted by atomic mass is 35.5. The Morgan fingerprint density at radius 3 is 2.36 bits per heavy atom. The van der Waals surface area contributed by atoms with E-state index in [2.05, 4.69) is 5.32 Å². The summed E-state index contributed by atoms with van der Waals surface area (Å²) in [6.45, 7) is 3.51. The molecule has 0 saturated heterocycles. The van der Waals surface area contributed by atoms with Crippen molar-refractivity contribution < 1.29 is 35.5 Å². The summed E-state index contributed by atoms with van der Waals surface area (Å²) in [5.74, 6) is -1.71. The molecular formula is C30H27ClF4N2O4S. The number of benzene rings is 3. The molecule has 6 nitrogen and oxygen atoms in total. The van der Waals surface area contributed by atoms with Crippen LogP contribution in [-0.4, -0.2) is 31.3 Å². The van der Waals surface area contributed by atoms with E-state index in [0.29, 0.717) is 11.8 Å². The molecule has 0 unspecified atom stereocenters. The van der Waals surface area contributed by atoms with Crippen molar-refractivity contribution in [3.63, 3.8) is 0 Å². The van der Waals surface area contributed by atoms with Crippen molar-refractivity contribution in [1.29, 1.82) is 0 Å². The molecule has 1 aromatic heterocycles. The van der Waals surface area contributed by atoms with Crippen molar-refractivity contribution >= 4 is 33.0 Å². The van der Waals surface area contributed by atoms with E-state index < -0.39 is 39.4 Å². The van der Waals surface area contributed by atoms with Crippen molar-refractivity contribution in [3.05, 3.63) is 112 Å². The third-order valence-electron chi connectivity index (χ3n) is 6.54. The fourth-order valence-corrected chi connectivity index (χ4v) is 5.89. The van der Waals surface area contributed by atoms with E-state index in [4.69, 9.17) is 16.3 Å². The predicted molar refractivity (Wildman–Crippen MR) is 152 cm³/mol. The third-order valence-corrected chi connectivity index (χ3v) is 8.12. The summed E-state index contributed by atoms with van der Waals surface area (Å²) in [6, 6.07) is 17.0. The van der Waals surface area contributed by atoms with Crippen LogP contribution in [0.25, 0.3) is 5.69 Å².